The second-order valence-electron chi connectivity index (χ2n) is 2.72. The summed E-state index contributed by atoms with van der Waals surface area (Å²) in [6.07, 6.45) is 1.73. The van der Waals surface area contributed by atoms with Gasteiger partial charge in [-0.3, -0.25) is 5.32 Å². The average molecular weight is 144 g/mol. The van der Waals surface area contributed by atoms with E-state index >= 15 is 0 Å². The lowest BCUT2D eigenvalue weighted by Crippen LogP contribution is -2.44. The van der Waals surface area contributed by atoms with Crippen LogP contribution in [0.1, 0.15) is 19.8 Å². The first-order valence-electron chi connectivity index (χ1n) is 3.99. The SMILES string of the molecule is CCC1NCCCNC1O. The van der Waals surface area contributed by atoms with Crippen molar-refractivity contribution >= 4 is 0 Å². The van der Waals surface area contributed by atoms with E-state index in [4.69, 9.17) is 0 Å². The van der Waals surface area contributed by atoms with E-state index in [-0.39, 0.29) is 12.3 Å². The number of aliphatic hydroxyl groups is 1. The van der Waals surface area contributed by atoms with Crippen molar-refractivity contribution in [2.45, 2.75) is 32.0 Å². The molecule has 0 amide bonds. The molecule has 0 aliphatic carbocycles. The Kier molecular flexibility index (Phi) is 3.12. The Bertz CT molecular complexity index is 97.6. The molecule has 1 saturated heterocycles. The van der Waals surface area contributed by atoms with Crippen molar-refractivity contribution in [1.82, 2.24) is 10.6 Å². The van der Waals surface area contributed by atoms with Crippen LogP contribution < -0.4 is 10.6 Å². The highest BCUT2D eigenvalue weighted by Crippen LogP contribution is 1.99. The molecule has 2 atom stereocenters. The maximum atomic E-state index is 9.38. The molecule has 1 fully saturated rings. The predicted molar refractivity (Wildman–Crippen MR) is 40.7 cm³/mol. The van der Waals surface area contributed by atoms with Crippen LogP contribution in [0.2, 0.25) is 0 Å². The van der Waals surface area contributed by atoms with E-state index in [0.717, 1.165) is 25.9 Å². The smallest absolute Gasteiger partial charge is 0.120 e. The summed E-state index contributed by atoms with van der Waals surface area (Å²) >= 11 is 0. The fraction of sp³-hybridized carbons (Fsp3) is 1.00. The first kappa shape index (κ1) is 7.98. The van der Waals surface area contributed by atoms with Gasteiger partial charge in [0, 0.05) is 6.04 Å². The first-order valence-corrected chi connectivity index (χ1v) is 3.99. The molecule has 3 nitrogen and oxygen atoms in total. The van der Waals surface area contributed by atoms with Crippen molar-refractivity contribution < 1.29 is 5.11 Å². The highest BCUT2D eigenvalue weighted by molar-refractivity contribution is 4.75. The van der Waals surface area contributed by atoms with E-state index in [1.54, 1.807) is 0 Å². The fourth-order valence-corrected chi connectivity index (χ4v) is 1.25. The van der Waals surface area contributed by atoms with E-state index in [0.29, 0.717) is 0 Å². The van der Waals surface area contributed by atoms with E-state index in [1.165, 1.54) is 0 Å². The molecule has 0 aromatic carbocycles. The van der Waals surface area contributed by atoms with Gasteiger partial charge in [-0.25, -0.2) is 0 Å². The Balaban J connectivity index is 2.35. The summed E-state index contributed by atoms with van der Waals surface area (Å²) in [7, 11) is 0. The van der Waals surface area contributed by atoms with Gasteiger partial charge in [0.2, 0.25) is 0 Å². The maximum Gasteiger partial charge on any atom is 0.120 e. The summed E-state index contributed by atoms with van der Waals surface area (Å²) in [5.41, 5.74) is 0. The van der Waals surface area contributed by atoms with Crippen LogP contribution >= 0.6 is 0 Å². The third-order valence-corrected chi connectivity index (χ3v) is 1.93. The molecule has 0 aromatic heterocycles. The van der Waals surface area contributed by atoms with Crippen LogP contribution in [-0.2, 0) is 0 Å². The number of nitrogens with one attached hydrogen (secondary N) is 2. The Morgan fingerprint density at radius 3 is 2.80 bits per heavy atom. The number of aliphatic hydroxyl groups excluding tert-OH is 1. The quantitative estimate of drug-likeness (QED) is 0.472. The molecule has 0 aromatic rings. The highest BCUT2D eigenvalue weighted by atomic mass is 16.3. The zero-order valence-electron chi connectivity index (χ0n) is 6.43. The number of rotatable bonds is 1. The van der Waals surface area contributed by atoms with Crippen molar-refractivity contribution in [2.24, 2.45) is 0 Å². The molecule has 1 aliphatic heterocycles. The molecule has 3 N–H and O–H groups in total. The van der Waals surface area contributed by atoms with Crippen molar-refractivity contribution in [2.75, 3.05) is 13.1 Å². The Morgan fingerprint density at radius 1 is 1.40 bits per heavy atom. The van der Waals surface area contributed by atoms with E-state index in [2.05, 4.69) is 17.6 Å². The van der Waals surface area contributed by atoms with Crippen LogP contribution in [0.4, 0.5) is 0 Å². The topological polar surface area (TPSA) is 44.3 Å². The van der Waals surface area contributed by atoms with Gasteiger partial charge < -0.3 is 10.4 Å². The molecular weight excluding hydrogens is 128 g/mol. The van der Waals surface area contributed by atoms with Crippen molar-refractivity contribution in [3.8, 4) is 0 Å². The summed E-state index contributed by atoms with van der Waals surface area (Å²) in [6, 6.07) is 0.238. The van der Waals surface area contributed by atoms with Gasteiger partial charge in [-0.2, -0.15) is 0 Å². The molecular formula is C7H16N2O. The monoisotopic (exact) mass is 144 g/mol. The van der Waals surface area contributed by atoms with Gasteiger partial charge in [0.1, 0.15) is 6.23 Å². The minimum absolute atomic E-state index is 0.238. The Labute approximate surface area is 61.8 Å². The lowest BCUT2D eigenvalue weighted by molar-refractivity contribution is 0.102. The van der Waals surface area contributed by atoms with E-state index < -0.39 is 0 Å². The Hall–Kier alpha value is -0.120. The second kappa shape index (κ2) is 3.91. The number of hydrogen-bond acceptors (Lipinski definition) is 3. The third-order valence-electron chi connectivity index (χ3n) is 1.93. The second-order valence-corrected chi connectivity index (χ2v) is 2.72. The van der Waals surface area contributed by atoms with Crippen LogP contribution in [-0.4, -0.2) is 30.5 Å². The highest BCUT2D eigenvalue weighted by Gasteiger charge is 2.17. The Morgan fingerprint density at radius 2 is 2.10 bits per heavy atom. The number of hydrogen-bond donors (Lipinski definition) is 3. The standard InChI is InChI=1S/C7H16N2O/c1-2-6-7(10)9-5-3-4-8-6/h6-10H,2-5H2,1H3. The molecule has 0 saturated carbocycles. The molecule has 0 spiro atoms. The van der Waals surface area contributed by atoms with Gasteiger partial charge in [0.15, 0.2) is 0 Å². The minimum Gasteiger partial charge on any atom is -0.377 e. The zero-order chi connectivity index (χ0) is 7.40. The lowest BCUT2D eigenvalue weighted by Gasteiger charge is -2.19. The van der Waals surface area contributed by atoms with E-state index in [1.807, 2.05) is 0 Å². The van der Waals surface area contributed by atoms with Crippen LogP contribution in [0.3, 0.4) is 0 Å². The predicted octanol–water partition coefficient (Wildman–Crippen LogP) is -0.334. The molecule has 1 aliphatic rings. The van der Waals surface area contributed by atoms with Crippen molar-refractivity contribution in [1.29, 1.82) is 0 Å². The zero-order valence-corrected chi connectivity index (χ0v) is 6.43. The van der Waals surface area contributed by atoms with Gasteiger partial charge in [-0.05, 0) is 25.9 Å². The average Bonchev–Trinajstić information content (AvgIpc) is 2.13. The van der Waals surface area contributed by atoms with Gasteiger partial charge >= 0.3 is 0 Å². The van der Waals surface area contributed by atoms with Gasteiger partial charge in [0.25, 0.3) is 0 Å². The molecule has 10 heavy (non-hydrogen) atoms. The maximum absolute atomic E-state index is 9.38. The van der Waals surface area contributed by atoms with Gasteiger partial charge in [0.05, 0.1) is 0 Å². The molecule has 1 heterocycles. The largest absolute Gasteiger partial charge is 0.377 e. The fourth-order valence-electron chi connectivity index (χ4n) is 1.25. The van der Waals surface area contributed by atoms with E-state index in [9.17, 15) is 5.11 Å². The normalized spacial score (nSPS) is 35.4. The van der Waals surface area contributed by atoms with Crippen LogP contribution in [0, 0.1) is 0 Å². The molecule has 2 unspecified atom stereocenters. The van der Waals surface area contributed by atoms with Crippen LogP contribution in [0.25, 0.3) is 0 Å². The van der Waals surface area contributed by atoms with Gasteiger partial charge in [-0.1, -0.05) is 6.92 Å². The van der Waals surface area contributed by atoms with Crippen molar-refractivity contribution in [3.05, 3.63) is 0 Å². The molecule has 0 bridgehead atoms. The molecule has 0 radical (unpaired) electrons. The molecule has 60 valence electrons. The summed E-state index contributed by atoms with van der Waals surface area (Å²) in [6.45, 7) is 4.02. The summed E-state index contributed by atoms with van der Waals surface area (Å²) < 4.78 is 0. The molecule has 1 rings (SSSR count). The lowest BCUT2D eigenvalue weighted by atomic mass is 10.2. The summed E-state index contributed by atoms with van der Waals surface area (Å²) in [5.74, 6) is 0. The summed E-state index contributed by atoms with van der Waals surface area (Å²) in [5, 5.41) is 15.7. The minimum atomic E-state index is -0.354. The first-order chi connectivity index (χ1) is 4.84. The van der Waals surface area contributed by atoms with Crippen molar-refractivity contribution in [3.63, 3.8) is 0 Å². The van der Waals surface area contributed by atoms with Crippen LogP contribution in [0.15, 0.2) is 0 Å². The summed E-state index contributed by atoms with van der Waals surface area (Å²) in [4.78, 5) is 0. The van der Waals surface area contributed by atoms with Crippen LogP contribution in [0.5, 0.6) is 0 Å². The van der Waals surface area contributed by atoms with Gasteiger partial charge in [-0.15, -0.1) is 0 Å². The third kappa shape index (κ3) is 1.94. The molecule has 3 heteroatoms.